The molecule has 0 saturated carbocycles. The highest BCUT2D eigenvalue weighted by Crippen LogP contribution is 2.44. The van der Waals surface area contributed by atoms with E-state index >= 15 is 0 Å². The first kappa shape index (κ1) is 18.3. The van der Waals surface area contributed by atoms with Crippen molar-refractivity contribution in [3.05, 3.63) is 76.2 Å². The summed E-state index contributed by atoms with van der Waals surface area (Å²) in [6, 6.07) is 18.2. The molecule has 1 aliphatic carbocycles. The minimum Gasteiger partial charge on any atom is -0.161 e. The molecule has 2 aromatic carbocycles. The molecule has 0 nitrogen and oxygen atoms in total. The van der Waals surface area contributed by atoms with Crippen LogP contribution >= 0.6 is 23.5 Å². The van der Waals surface area contributed by atoms with Crippen LogP contribution in [0.1, 0.15) is 66.7 Å². The van der Waals surface area contributed by atoms with Gasteiger partial charge in [0.05, 0.1) is 0 Å². The number of benzene rings is 2. The van der Waals surface area contributed by atoms with Gasteiger partial charge in [-0.05, 0) is 57.6 Å². The second kappa shape index (κ2) is 9.19. The summed E-state index contributed by atoms with van der Waals surface area (Å²) in [6.07, 6.45) is 8.34. The van der Waals surface area contributed by atoms with E-state index in [-0.39, 0.29) is 0 Å². The fraction of sp³-hybridized carbons (Fsp3) is 0.417. The molecule has 0 spiro atoms. The van der Waals surface area contributed by atoms with Gasteiger partial charge in [0.1, 0.15) is 0 Å². The van der Waals surface area contributed by atoms with Crippen LogP contribution in [0.2, 0.25) is 0 Å². The van der Waals surface area contributed by atoms with Gasteiger partial charge in [0.25, 0.3) is 0 Å². The number of fused-ring (bicyclic) bond motifs is 3. The Balaban J connectivity index is 1.72. The Labute approximate surface area is 166 Å². The van der Waals surface area contributed by atoms with Crippen molar-refractivity contribution < 1.29 is 0 Å². The maximum absolute atomic E-state index is 2.44. The fourth-order valence-corrected chi connectivity index (χ4v) is 6.23. The Kier molecular flexibility index (Phi) is 6.45. The van der Waals surface area contributed by atoms with E-state index in [1.807, 2.05) is 11.8 Å². The van der Waals surface area contributed by atoms with E-state index in [2.05, 4.69) is 65.7 Å². The lowest BCUT2D eigenvalue weighted by atomic mass is 9.77. The first-order valence-electron chi connectivity index (χ1n) is 10.0. The molecule has 4 rings (SSSR count). The summed E-state index contributed by atoms with van der Waals surface area (Å²) in [5.74, 6) is 4.28. The molecule has 0 saturated heterocycles. The lowest BCUT2D eigenvalue weighted by Crippen LogP contribution is -2.15. The summed E-state index contributed by atoms with van der Waals surface area (Å²) in [7, 11) is 0. The number of rotatable bonds is 0. The Morgan fingerprint density at radius 3 is 1.92 bits per heavy atom. The summed E-state index contributed by atoms with van der Waals surface area (Å²) in [5.41, 5.74) is 7.40. The molecule has 26 heavy (non-hydrogen) atoms. The molecule has 0 radical (unpaired) electrons. The molecule has 1 heterocycles. The van der Waals surface area contributed by atoms with E-state index in [9.17, 15) is 0 Å². The van der Waals surface area contributed by atoms with E-state index in [0.717, 1.165) is 0 Å². The zero-order chi connectivity index (χ0) is 17.6. The molecule has 2 aliphatic rings. The van der Waals surface area contributed by atoms with Crippen molar-refractivity contribution in [2.75, 3.05) is 17.3 Å². The van der Waals surface area contributed by atoms with Gasteiger partial charge in [-0.1, -0.05) is 74.2 Å². The van der Waals surface area contributed by atoms with Gasteiger partial charge in [-0.25, -0.2) is 0 Å². The third-order valence-electron chi connectivity index (χ3n) is 5.54. The van der Waals surface area contributed by atoms with Crippen LogP contribution in [0.15, 0.2) is 53.9 Å². The van der Waals surface area contributed by atoms with Crippen LogP contribution in [0, 0.1) is 0 Å². The number of thioether (sulfide) groups is 2. The normalized spacial score (nSPS) is 21.5. The fourth-order valence-electron chi connectivity index (χ4n) is 4.15. The minimum absolute atomic E-state index is 0.530. The molecule has 1 aliphatic heterocycles. The third kappa shape index (κ3) is 4.07. The highest BCUT2D eigenvalue weighted by molar-refractivity contribution is 8.02. The largest absolute Gasteiger partial charge is 0.161 e. The number of hydrogen-bond donors (Lipinski definition) is 0. The van der Waals surface area contributed by atoms with Crippen molar-refractivity contribution in [3.8, 4) is 0 Å². The van der Waals surface area contributed by atoms with Crippen LogP contribution in [0.4, 0.5) is 0 Å². The molecule has 2 aromatic rings. The summed E-state index contributed by atoms with van der Waals surface area (Å²) in [5, 5.41) is 2.44. The van der Waals surface area contributed by atoms with Crippen LogP contribution < -0.4 is 0 Å². The molecule has 136 valence electrons. The van der Waals surface area contributed by atoms with Gasteiger partial charge in [-0.15, -0.1) is 11.8 Å². The molecule has 2 bridgehead atoms. The van der Waals surface area contributed by atoms with Crippen LogP contribution in [0.5, 0.6) is 0 Å². The predicted octanol–water partition coefficient (Wildman–Crippen LogP) is 7.34. The standard InChI is InChI=1S/C24H28S2/c1-2-4-10-16-26-18-24-21-13-7-5-11-19(21)23(17-25-15-9-3-1)20-12-6-8-14-22(20)24/h5-8,11-14,17,24H,1-4,9-10,15-16,18H2. The first-order valence-corrected chi connectivity index (χ1v) is 12.2. The quantitative estimate of drug-likeness (QED) is 0.469. The second-order valence-corrected chi connectivity index (χ2v) is 9.45. The minimum atomic E-state index is 0.530. The SMILES string of the molecule is C1=C2c3ccccc3C(CSCCCCCCCCS1)c1ccccc12. The summed E-state index contributed by atoms with van der Waals surface area (Å²) in [6.45, 7) is 0. The lowest BCUT2D eigenvalue weighted by molar-refractivity contribution is 0.629. The third-order valence-corrected chi connectivity index (χ3v) is 7.61. The molecule has 0 fully saturated rings. The Morgan fingerprint density at radius 2 is 1.23 bits per heavy atom. The van der Waals surface area contributed by atoms with Gasteiger partial charge in [0, 0.05) is 11.7 Å². The second-order valence-electron chi connectivity index (χ2n) is 7.33. The van der Waals surface area contributed by atoms with Crippen LogP contribution in [0.3, 0.4) is 0 Å². The van der Waals surface area contributed by atoms with E-state index < -0.39 is 0 Å². The van der Waals surface area contributed by atoms with Gasteiger partial charge in [-0.3, -0.25) is 0 Å². The van der Waals surface area contributed by atoms with Crippen molar-refractivity contribution in [2.45, 2.75) is 44.4 Å². The smallest absolute Gasteiger partial charge is 0.0192 e. The average molecular weight is 381 g/mol. The topological polar surface area (TPSA) is 0 Å². The monoisotopic (exact) mass is 380 g/mol. The Morgan fingerprint density at radius 1 is 0.654 bits per heavy atom. The maximum atomic E-state index is 2.44. The molecule has 2 heteroatoms. The van der Waals surface area contributed by atoms with Crippen LogP contribution in [0.25, 0.3) is 5.57 Å². The van der Waals surface area contributed by atoms with Gasteiger partial charge < -0.3 is 0 Å². The first-order chi connectivity index (χ1) is 12.9. The van der Waals surface area contributed by atoms with E-state index in [0.29, 0.717) is 5.92 Å². The van der Waals surface area contributed by atoms with Gasteiger partial charge in [0.15, 0.2) is 0 Å². The summed E-state index contributed by atoms with van der Waals surface area (Å²) < 4.78 is 0. The maximum Gasteiger partial charge on any atom is 0.0192 e. The summed E-state index contributed by atoms with van der Waals surface area (Å²) in [4.78, 5) is 0. The van der Waals surface area contributed by atoms with Gasteiger partial charge in [0.2, 0.25) is 0 Å². The Hall–Kier alpha value is -1.12. The van der Waals surface area contributed by atoms with Crippen molar-refractivity contribution >= 4 is 29.1 Å². The summed E-state index contributed by atoms with van der Waals surface area (Å²) >= 11 is 4.16. The molecule has 0 atom stereocenters. The zero-order valence-corrected chi connectivity index (χ0v) is 17.1. The van der Waals surface area contributed by atoms with E-state index in [1.54, 1.807) is 0 Å². The van der Waals surface area contributed by atoms with E-state index in [4.69, 9.17) is 0 Å². The molecular formula is C24H28S2. The van der Waals surface area contributed by atoms with Gasteiger partial charge in [-0.2, -0.15) is 11.8 Å². The highest BCUT2D eigenvalue weighted by Gasteiger charge is 2.27. The van der Waals surface area contributed by atoms with Gasteiger partial charge >= 0.3 is 0 Å². The predicted molar refractivity (Wildman–Crippen MR) is 119 cm³/mol. The van der Waals surface area contributed by atoms with Crippen molar-refractivity contribution in [1.29, 1.82) is 0 Å². The van der Waals surface area contributed by atoms with Crippen LogP contribution in [-0.2, 0) is 0 Å². The van der Waals surface area contributed by atoms with Crippen LogP contribution in [-0.4, -0.2) is 17.3 Å². The zero-order valence-electron chi connectivity index (χ0n) is 15.5. The molecular weight excluding hydrogens is 352 g/mol. The molecule has 0 N–H and O–H groups in total. The number of hydrogen-bond acceptors (Lipinski definition) is 2. The van der Waals surface area contributed by atoms with Crippen molar-refractivity contribution in [1.82, 2.24) is 0 Å². The van der Waals surface area contributed by atoms with Crippen molar-refractivity contribution in [3.63, 3.8) is 0 Å². The Bertz CT molecular complexity index is 713. The average Bonchev–Trinajstić information content (AvgIpc) is 2.68. The molecule has 0 aromatic heterocycles. The van der Waals surface area contributed by atoms with E-state index in [1.165, 1.54) is 83.6 Å². The molecule has 0 amide bonds. The lowest BCUT2D eigenvalue weighted by Gasteiger charge is -2.30. The molecule has 0 unspecified atom stereocenters. The van der Waals surface area contributed by atoms with Crippen molar-refractivity contribution in [2.24, 2.45) is 0 Å². The highest BCUT2D eigenvalue weighted by atomic mass is 32.2.